The van der Waals surface area contributed by atoms with Crippen LogP contribution < -0.4 is 14.4 Å². The first-order valence-corrected chi connectivity index (χ1v) is 11.5. The second-order valence-corrected chi connectivity index (χ2v) is 8.43. The maximum absolute atomic E-state index is 5.83. The smallest absolute Gasteiger partial charge is 0.200 e. The first kappa shape index (κ1) is 23.7. The highest BCUT2D eigenvalue weighted by Gasteiger charge is 2.19. The van der Waals surface area contributed by atoms with Crippen molar-refractivity contribution >= 4 is 33.8 Å². The first-order chi connectivity index (χ1) is 16.1. The Morgan fingerprint density at radius 3 is 2.30 bits per heavy atom. The number of hydrogen-bond donors (Lipinski definition) is 1. The number of nitrogens with one attached hydrogen (secondary N) is 1. The average molecular weight is 537 g/mol. The summed E-state index contributed by atoms with van der Waals surface area (Å²) >= 11 is 9.12. The molecule has 4 rings (SSSR count). The van der Waals surface area contributed by atoms with Gasteiger partial charge < -0.3 is 28.6 Å². The van der Waals surface area contributed by atoms with Crippen molar-refractivity contribution in [1.82, 2.24) is 14.8 Å². The molecule has 0 bridgehead atoms. The third-order valence-corrected chi connectivity index (χ3v) is 5.99. The third kappa shape index (κ3) is 5.39. The Kier molecular flexibility index (Phi) is 7.99. The fourth-order valence-corrected chi connectivity index (χ4v) is 4.23. The fourth-order valence-electron chi connectivity index (χ4n) is 3.54. The Hall–Kier alpha value is -2.44. The summed E-state index contributed by atoms with van der Waals surface area (Å²) < 4.78 is 30.1. The number of aromatic amines is 1. The van der Waals surface area contributed by atoms with Gasteiger partial charge in [0, 0.05) is 39.1 Å². The average Bonchev–Trinajstić information content (AvgIpc) is 3.24. The molecule has 1 fully saturated rings. The van der Waals surface area contributed by atoms with Crippen LogP contribution in [0.25, 0.3) is 17.1 Å². The number of aromatic nitrogens is 3. The van der Waals surface area contributed by atoms with Crippen molar-refractivity contribution in [3.8, 4) is 28.6 Å². The van der Waals surface area contributed by atoms with Gasteiger partial charge in [-0.3, -0.25) is 9.67 Å². The minimum atomic E-state index is 0.0672. The second-order valence-electron chi connectivity index (χ2n) is 7.18. The summed E-state index contributed by atoms with van der Waals surface area (Å²) in [5.74, 6) is 1.71. The predicted molar refractivity (Wildman–Crippen MR) is 130 cm³/mol. The first-order valence-electron chi connectivity index (χ1n) is 10.3. The molecule has 33 heavy (non-hydrogen) atoms. The van der Waals surface area contributed by atoms with E-state index in [-0.39, 0.29) is 13.6 Å². The van der Waals surface area contributed by atoms with Crippen molar-refractivity contribution in [2.75, 3.05) is 59.0 Å². The van der Waals surface area contributed by atoms with Crippen LogP contribution in [-0.2, 0) is 14.2 Å². The highest BCUT2D eigenvalue weighted by Crippen LogP contribution is 2.39. The van der Waals surface area contributed by atoms with Gasteiger partial charge >= 0.3 is 0 Å². The lowest BCUT2D eigenvalue weighted by Gasteiger charge is -2.29. The van der Waals surface area contributed by atoms with Crippen LogP contribution in [0.1, 0.15) is 0 Å². The van der Waals surface area contributed by atoms with Crippen LogP contribution >= 0.6 is 28.1 Å². The van der Waals surface area contributed by atoms with Crippen molar-refractivity contribution in [3.63, 3.8) is 0 Å². The Bertz CT molecular complexity index is 1130. The summed E-state index contributed by atoms with van der Waals surface area (Å²) in [4.78, 5) is 2.30. The molecule has 9 nitrogen and oxygen atoms in total. The van der Waals surface area contributed by atoms with Gasteiger partial charge in [-0.1, -0.05) is 0 Å². The normalized spacial score (nSPS) is 13.8. The monoisotopic (exact) mass is 536 g/mol. The van der Waals surface area contributed by atoms with E-state index in [4.69, 9.17) is 35.9 Å². The van der Waals surface area contributed by atoms with Crippen molar-refractivity contribution in [2.45, 2.75) is 0 Å². The second kappa shape index (κ2) is 11.1. The van der Waals surface area contributed by atoms with E-state index in [9.17, 15) is 0 Å². The molecule has 11 heteroatoms. The number of methoxy groups -OCH3 is 2. The molecule has 1 aliphatic rings. The van der Waals surface area contributed by atoms with Crippen LogP contribution in [0.2, 0.25) is 0 Å². The van der Waals surface area contributed by atoms with Crippen molar-refractivity contribution in [2.24, 2.45) is 0 Å². The maximum atomic E-state index is 5.83. The number of hydrogen-bond acceptors (Lipinski definition) is 8. The molecule has 0 saturated carbocycles. The predicted octanol–water partition coefficient (Wildman–Crippen LogP) is 4.16. The van der Waals surface area contributed by atoms with E-state index < -0.39 is 0 Å². The molecule has 0 radical (unpaired) electrons. The summed E-state index contributed by atoms with van der Waals surface area (Å²) in [6.45, 7) is 3.40. The molecule has 0 amide bonds. The maximum Gasteiger partial charge on any atom is 0.200 e. The molecule has 2 heterocycles. The van der Waals surface area contributed by atoms with Gasteiger partial charge in [0.2, 0.25) is 0 Å². The molecular formula is C22H25BrN4O5S. The highest BCUT2D eigenvalue weighted by molar-refractivity contribution is 9.10. The topological polar surface area (TPSA) is 83.0 Å². The van der Waals surface area contributed by atoms with Crippen LogP contribution in [0.15, 0.2) is 40.9 Å². The molecule has 1 N–H and O–H groups in total. The number of anilines is 1. The minimum Gasteiger partial charge on any atom is -0.467 e. The number of rotatable bonds is 9. The molecule has 0 unspecified atom stereocenters. The lowest BCUT2D eigenvalue weighted by molar-refractivity contribution is 0.0459. The van der Waals surface area contributed by atoms with Crippen LogP contribution in [0.4, 0.5) is 5.69 Å². The van der Waals surface area contributed by atoms with E-state index in [1.54, 1.807) is 20.3 Å². The van der Waals surface area contributed by atoms with E-state index in [0.717, 1.165) is 42.2 Å². The number of ether oxygens (including phenoxy) is 5. The van der Waals surface area contributed by atoms with Crippen molar-refractivity contribution < 1.29 is 23.7 Å². The molecule has 3 aromatic rings. The summed E-state index contributed by atoms with van der Waals surface area (Å²) in [7, 11) is 3.12. The fraction of sp³-hybridized carbons (Fsp3) is 0.364. The van der Waals surface area contributed by atoms with E-state index >= 15 is 0 Å². The van der Waals surface area contributed by atoms with Gasteiger partial charge in [-0.15, -0.1) is 0 Å². The summed E-state index contributed by atoms with van der Waals surface area (Å²) in [5.41, 5.74) is 2.74. The van der Waals surface area contributed by atoms with Crippen LogP contribution in [0, 0.1) is 4.77 Å². The Labute approximate surface area is 205 Å². The highest BCUT2D eigenvalue weighted by atomic mass is 79.9. The molecule has 0 aliphatic carbocycles. The van der Waals surface area contributed by atoms with Gasteiger partial charge in [-0.2, -0.15) is 5.10 Å². The van der Waals surface area contributed by atoms with E-state index in [1.165, 1.54) is 0 Å². The number of H-pyrrole nitrogens is 1. The zero-order valence-corrected chi connectivity index (χ0v) is 20.8. The van der Waals surface area contributed by atoms with E-state index in [2.05, 4.69) is 43.2 Å². The molecule has 0 atom stereocenters. The third-order valence-electron chi connectivity index (χ3n) is 5.10. The van der Waals surface area contributed by atoms with Gasteiger partial charge in [0.1, 0.15) is 11.5 Å². The van der Waals surface area contributed by atoms with Gasteiger partial charge in [0.15, 0.2) is 24.2 Å². The molecular weight excluding hydrogens is 512 g/mol. The SMILES string of the molecule is COCOc1cc(OCOC)c(-c2n[nH]c(=S)n2-c2ccc(N3CCOCC3)cc2)cc1Br. The van der Waals surface area contributed by atoms with Crippen LogP contribution in [0.5, 0.6) is 11.5 Å². The van der Waals surface area contributed by atoms with Gasteiger partial charge in [-0.25, -0.2) is 0 Å². The Balaban J connectivity index is 1.72. The minimum absolute atomic E-state index is 0.0672. The van der Waals surface area contributed by atoms with Gasteiger partial charge in [0.25, 0.3) is 0 Å². The zero-order chi connectivity index (χ0) is 23.2. The van der Waals surface area contributed by atoms with Crippen LogP contribution in [-0.4, -0.2) is 68.9 Å². The molecule has 1 aromatic heterocycles. The van der Waals surface area contributed by atoms with Gasteiger partial charge in [-0.05, 0) is 58.5 Å². The quantitative estimate of drug-likeness (QED) is 0.322. The van der Waals surface area contributed by atoms with Crippen molar-refractivity contribution in [1.29, 1.82) is 0 Å². The molecule has 0 spiro atoms. The standard InChI is InChI=1S/C22H25BrN4O5S/c1-28-13-31-19-12-20(32-14-29-2)18(23)11-17(19)21-24-25-22(33)27(21)16-5-3-15(4-6-16)26-7-9-30-10-8-26/h3-6,11-12H,7-10,13-14H2,1-2H3,(H,25,33). The largest absolute Gasteiger partial charge is 0.467 e. The summed E-state index contributed by atoms with van der Waals surface area (Å²) in [5, 5.41) is 7.39. The molecule has 1 saturated heterocycles. The van der Waals surface area contributed by atoms with E-state index in [1.807, 2.05) is 22.8 Å². The number of benzene rings is 2. The molecule has 2 aromatic carbocycles. The number of halogens is 1. The van der Waals surface area contributed by atoms with Gasteiger partial charge in [0.05, 0.1) is 28.9 Å². The van der Waals surface area contributed by atoms with Crippen molar-refractivity contribution in [3.05, 3.63) is 45.6 Å². The number of morpholine rings is 1. The lowest BCUT2D eigenvalue weighted by atomic mass is 10.1. The molecule has 1 aliphatic heterocycles. The van der Waals surface area contributed by atoms with Crippen LogP contribution in [0.3, 0.4) is 0 Å². The summed E-state index contributed by atoms with van der Waals surface area (Å²) in [6.07, 6.45) is 0. The molecule has 176 valence electrons. The number of nitrogens with zero attached hydrogens (tertiary/aromatic N) is 3. The lowest BCUT2D eigenvalue weighted by Crippen LogP contribution is -2.36. The Morgan fingerprint density at radius 2 is 1.64 bits per heavy atom. The Morgan fingerprint density at radius 1 is 1.00 bits per heavy atom. The summed E-state index contributed by atoms with van der Waals surface area (Å²) in [6, 6.07) is 11.9. The van der Waals surface area contributed by atoms with E-state index in [0.29, 0.717) is 27.7 Å². The zero-order valence-electron chi connectivity index (χ0n) is 18.4.